The van der Waals surface area contributed by atoms with E-state index in [4.69, 9.17) is 14.2 Å². The minimum absolute atomic E-state index is 0.0253. The van der Waals surface area contributed by atoms with E-state index in [1.54, 1.807) is 27.7 Å². The monoisotopic (exact) mass is 636 g/mol. The van der Waals surface area contributed by atoms with Crippen LogP contribution < -0.4 is 5.32 Å². The maximum atomic E-state index is 12.9. The van der Waals surface area contributed by atoms with Gasteiger partial charge in [-0.2, -0.15) is 0 Å². The number of carbonyl (C=O) groups is 3. The highest BCUT2D eigenvalue weighted by atomic mass is 79.9. The quantitative estimate of drug-likeness (QED) is 0.0897. The number of anilines is 1. The van der Waals surface area contributed by atoms with Gasteiger partial charge < -0.3 is 19.5 Å². The molecule has 0 saturated heterocycles. The van der Waals surface area contributed by atoms with Crippen LogP contribution in [-0.4, -0.2) is 68.2 Å². The molecular weight excluding hydrogens is 612 g/mol. The molecule has 0 bridgehead atoms. The van der Waals surface area contributed by atoms with Crippen molar-refractivity contribution in [3.63, 3.8) is 0 Å². The fraction of sp³-hybridized carbons (Fsp3) is 0.571. The molecule has 2 rings (SSSR count). The lowest BCUT2D eigenvalue weighted by molar-refractivity contribution is -0.383. The number of nitrogens with one attached hydrogen (secondary N) is 1. The van der Waals surface area contributed by atoms with E-state index >= 15 is 0 Å². The highest BCUT2D eigenvalue weighted by Crippen LogP contribution is 2.29. The number of nitrogens with zero attached hydrogens (tertiary/aromatic N) is 3. The maximum Gasteiger partial charge on any atom is 0.322 e. The number of rotatable bonds is 12. The van der Waals surface area contributed by atoms with E-state index in [-0.39, 0.29) is 29.9 Å². The molecule has 1 aromatic heterocycles. The Morgan fingerprint density at radius 1 is 0.944 bits per heavy atom. The Kier molecular flexibility index (Phi) is 9.40. The largest absolute Gasteiger partial charge is 0.463 e. The van der Waals surface area contributed by atoms with E-state index in [2.05, 4.69) is 52.1 Å². The third kappa shape index (κ3) is 7.59. The first-order chi connectivity index (χ1) is 16.6. The molecule has 15 heteroatoms. The van der Waals surface area contributed by atoms with Crippen molar-refractivity contribution in [1.82, 2.24) is 10.3 Å². The number of alkyl halides is 2. The summed E-state index contributed by atoms with van der Waals surface area (Å²) in [6.07, 6.45) is 0. The third-order valence-corrected chi connectivity index (χ3v) is 5.40. The van der Waals surface area contributed by atoms with Crippen molar-refractivity contribution >= 4 is 72.2 Å². The fourth-order valence-electron chi connectivity index (χ4n) is 2.60. The number of fused-ring (bicyclic) bond motifs is 1. The number of nitro benzene ring substituents is 1. The van der Waals surface area contributed by atoms with Gasteiger partial charge >= 0.3 is 23.6 Å². The number of esters is 3. The van der Waals surface area contributed by atoms with E-state index in [1.807, 2.05) is 0 Å². The predicted octanol–water partition coefficient (Wildman–Crippen LogP) is 3.53. The molecule has 1 aromatic carbocycles. The van der Waals surface area contributed by atoms with Gasteiger partial charge in [-0.3, -0.25) is 24.5 Å². The molecule has 198 valence electrons. The molecule has 36 heavy (non-hydrogen) atoms. The first-order valence-corrected chi connectivity index (χ1v) is 12.2. The molecule has 1 heterocycles. The summed E-state index contributed by atoms with van der Waals surface area (Å²) in [4.78, 5) is 47.8. The van der Waals surface area contributed by atoms with Crippen molar-refractivity contribution < 1.29 is 38.1 Å². The Labute approximate surface area is 222 Å². The van der Waals surface area contributed by atoms with Crippen molar-refractivity contribution in [2.75, 3.05) is 31.7 Å². The summed E-state index contributed by atoms with van der Waals surface area (Å²) in [5.41, 5.74) is -1.24. The summed E-state index contributed by atoms with van der Waals surface area (Å²) in [5.74, 6) is -1.99. The molecule has 0 saturated carbocycles. The van der Waals surface area contributed by atoms with Gasteiger partial charge in [0.1, 0.15) is 33.9 Å². The normalized spacial score (nSPS) is 12.2. The van der Waals surface area contributed by atoms with Crippen LogP contribution in [0.1, 0.15) is 34.6 Å². The van der Waals surface area contributed by atoms with Gasteiger partial charge in [0.2, 0.25) is 5.52 Å². The Morgan fingerprint density at radius 2 is 1.47 bits per heavy atom. The Balaban J connectivity index is 2.04. The molecular formula is C21H26Br2N4O9. The van der Waals surface area contributed by atoms with Gasteiger partial charge in [-0.1, -0.05) is 31.9 Å². The first kappa shape index (κ1) is 29.4. The Bertz CT molecular complexity index is 1110. The molecule has 0 radical (unpaired) electrons. The van der Waals surface area contributed by atoms with Gasteiger partial charge in [0.15, 0.2) is 5.52 Å². The molecule has 0 atom stereocenters. The number of benzene rings is 1. The minimum atomic E-state index is -1.49. The average Bonchev–Trinajstić information content (AvgIpc) is 3.27. The van der Waals surface area contributed by atoms with Crippen molar-refractivity contribution in [1.29, 1.82) is 0 Å². The van der Waals surface area contributed by atoms with E-state index in [0.29, 0.717) is 5.69 Å². The van der Waals surface area contributed by atoms with Gasteiger partial charge in [0.25, 0.3) is 0 Å². The fourth-order valence-corrected chi connectivity index (χ4v) is 2.83. The van der Waals surface area contributed by atoms with Crippen molar-refractivity contribution in [3.8, 4) is 0 Å². The zero-order valence-corrected chi connectivity index (χ0v) is 23.4. The van der Waals surface area contributed by atoms with Gasteiger partial charge in [-0.05, 0) is 51.0 Å². The number of carbonyl (C=O) groups excluding carboxylic acids is 3. The smallest absolute Gasteiger partial charge is 0.322 e. The predicted molar refractivity (Wildman–Crippen MR) is 134 cm³/mol. The summed E-state index contributed by atoms with van der Waals surface area (Å²) in [6, 6.07) is 2.68. The summed E-state index contributed by atoms with van der Waals surface area (Å²) in [5, 5.41) is 21.3. The second-order valence-electron chi connectivity index (χ2n) is 9.07. The molecule has 2 aromatic rings. The van der Waals surface area contributed by atoms with Crippen LogP contribution in [0.3, 0.4) is 0 Å². The lowest BCUT2D eigenvalue weighted by Crippen LogP contribution is -2.43. The molecule has 0 spiro atoms. The Hall–Kier alpha value is -2.81. The zero-order valence-electron chi connectivity index (χ0n) is 20.3. The van der Waals surface area contributed by atoms with Crippen molar-refractivity contribution in [3.05, 3.63) is 22.2 Å². The molecule has 0 unspecified atom stereocenters. The number of hydrogen-bond acceptors (Lipinski definition) is 12. The van der Waals surface area contributed by atoms with Crippen molar-refractivity contribution in [2.45, 2.75) is 43.3 Å². The van der Waals surface area contributed by atoms with Crippen molar-refractivity contribution in [2.24, 2.45) is 5.41 Å². The molecule has 0 aliphatic rings. The van der Waals surface area contributed by atoms with Gasteiger partial charge in [-0.25, -0.2) is 4.63 Å². The number of ether oxygens (including phenoxy) is 3. The van der Waals surface area contributed by atoms with E-state index in [1.165, 1.54) is 19.1 Å². The lowest BCUT2D eigenvalue weighted by Gasteiger charge is -2.28. The molecule has 13 nitrogen and oxygen atoms in total. The van der Waals surface area contributed by atoms with Crippen LogP contribution in [0.25, 0.3) is 11.0 Å². The molecule has 0 aliphatic carbocycles. The van der Waals surface area contributed by atoms with Crippen LogP contribution in [0.4, 0.5) is 11.4 Å². The van der Waals surface area contributed by atoms with Crippen LogP contribution in [0, 0.1) is 15.5 Å². The maximum absolute atomic E-state index is 12.9. The highest BCUT2D eigenvalue weighted by Gasteiger charge is 2.41. The lowest BCUT2D eigenvalue weighted by atomic mass is 9.93. The molecule has 0 fully saturated rings. The number of halogens is 2. The summed E-state index contributed by atoms with van der Waals surface area (Å²) in [6.45, 7) is 6.98. The van der Waals surface area contributed by atoms with Crippen LogP contribution in [-0.2, 0) is 28.6 Å². The number of nitro groups is 1. The first-order valence-electron chi connectivity index (χ1n) is 10.6. The second kappa shape index (κ2) is 11.5. The highest BCUT2D eigenvalue weighted by molar-refractivity contribution is 9.10. The van der Waals surface area contributed by atoms with E-state index < -0.39 is 50.1 Å². The summed E-state index contributed by atoms with van der Waals surface area (Å²) >= 11 is 6.39. The number of hydrogen-bond donors (Lipinski definition) is 1. The summed E-state index contributed by atoms with van der Waals surface area (Å²) < 4.78 is 18.5. The number of aromatic nitrogens is 2. The topological polar surface area (TPSA) is 173 Å². The van der Waals surface area contributed by atoms with E-state index in [0.717, 1.165) is 0 Å². The van der Waals surface area contributed by atoms with Gasteiger partial charge in [0, 0.05) is 12.6 Å². The Morgan fingerprint density at radius 3 is 1.97 bits per heavy atom. The van der Waals surface area contributed by atoms with E-state index in [9.17, 15) is 24.5 Å². The second-order valence-corrected chi connectivity index (χ2v) is 13.0. The van der Waals surface area contributed by atoms with Crippen LogP contribution in [0.2, 0.25) is 0 Å². The molecule has 0 aliphatic heterocycles. The number of non-ortho nitro benzene ring substituents is 1. The summed E-state index contributed by atoms with van der Waals surface area (Å²) in [7, 11) is 0. The standard InChI is InChI=1S/C21H26Br2N4O9/c1-19(2,22)16(28)34-10-21(5,11-35-17(29)20(3,4)23)18(30)33-9-8-24-12-6-7-13(27(31)32)15-14(12)25-36-26-15/h6-7,24H,8-11H2,1-5H3. The van der Waals surface area contributed by atoms with Gasteiger partial charge in [-0.15, -0.1) is 0 Å². The third-order valence-electron chi connectivity index (χ3n) is 4.75. The average molecular weight is 638 g/mol. The van der Waals surface area contributed by atoms with Gasteiger partial charge in [0.05, 0.1) is 10.6 Å². The SMILES string of the molecule is CC(C)(Br)C(=O)OCC(C)(COC(=O)C(C)(C)Br)C(=O)OCCNc1ccc([N+](=O)[O-])c2nonc12. The minimum Gasteiger partial charge on any atom is -0.463 e. The van der Waals surface area contributed by atoms with Crippen LogP contribution in [0.15, 0.2) is 16.8 Å². The molecule has 0 amide bonds. The molecule has 1 N–H and O–H groups in total. The van der Waals surface area contributed by atoms with Crippen LogP contribution >= 0.6 is 31.9 Å². The zero-order chi connectivity index (χ0) is 27.3. The van der Waals surface area contributed by atoms with Crippen LogP contribution in [0.5, 0.6) is 0 Å².